The fourth-order valence-corrected chi connectivity index (χ4v) is 1.39. The number of hydrogen-bond acceptors (Lipinski definition) is 3. The number of nitrogens with one attached hydrogen (secondary N) is 1. The van der Waals surface area contributed by atoms with Crippen LogP contribution >= 0.6 is 0 Å². The monoisotopic (exact) mass is 261 g/mol. The predicted molar refractivity (Wildman–Crippen MR) is 73.7 cm³/mol. The Morgan fingerprint density at radius 2 is 1.89 bits per heavy atom. The Bertz CT molecular complexity index is 440. The summed E-state index contributed by atoms with van der Waals surface area (Å²) in [4.78, 5) is 22.8. The molecule has 0 spiro atoms. The number of ketones is 1. The molecule has 1 aromatic rings. The molecule has 1 aromatic carbocycles. The van der Waals surface area contributed by atoms with Gasteiger partial charge in [-0.25, -0.2) is 4.79 Å². The molecule has 0 aliphatic heterocycles. The van der Waals surface area contributed by atoms with Crippen molar-refractivity contribution in [3.63, 3.8) is 0 Å². The van der Waals surface area contributed by atoms with E-state index in [0.717, 1.165) is 11.1 Å². The van der Waals surface area contributed by atoms with Crippen LogP contribution in [0, 0.1) is 0 Å². The summed E-state index contributed by atoms with van der Waals surface area (Å²) in [7, 11) is 0. The zero-order valence-corrected chi connectivity index (χ0v) is 11.1. The van der Waals surface area contributed by atoms with Gasteiger partial charge in [0.2, 0.25) is 0 Å². The number of amides is 1. The van der Waals surface area contributed by atoms with Gasteiger partial charge in [0.15, 0.2) is 5.78 Å². The number of carbonyl (C=O) groups is 2. The number of rotatable bonds is 7. The molecule has 0 radical (unpaired) electrons. The molecule has 0 fully saturated rings. The Morgan fingerprint density at radius 3 is 2.53 bits per heavy atom. The van der Waals surface area contributed by atoms with Gasteiger partial charge in [-0.05, 0) is 18.9 Å². The maximum absolute atomic E-state index is 11.4. The number of allylic oxidation sites excluding steroid dienone is 1. The van der Waals surface area contributed by atoms with Crippen molar-refractivity contribution in [3.05, 3.63) is 48.0 Å². The molecule has 0 aromatic heterocycles. The molecule has 0 saturated carbocycles. The minimum absolute atomic E-state index is 0.000896. The molecule has 102 valence electrons. The topological polar surface area (TPSA) is 55.4 Å². The van der Waals surface area contributed by atoms with Crippen LogP contribution in [0.5, 0.6) is 0 Å². The molecule has 1 N–H and O–H groups in total. The number of hydrogen-bond donors (Lipinski definition) is 1. The molecular weight excluding hydrogens is 242 g/mol. The van der Waals surface area contributed by atoms with Crippen LogP contribution in [0.25, 0.3) is 0 Å². The smallest absolute Gasteiger partial charge is 0.407 e. The van der Waals surface area contributed by atoms with Crippen LogP contribution in [0.1, 0.15) is 25.3 Å². The van der Waals surface area contributed by atoms with Crippen LogP contribution in [0.15, 0.2) is 42.5 Å². The van der Waals surface area contributed by atoms with Crippen molar-refractivity contribution in [1.29, 1.82) is 0 Å². The quantitative estimate of drug-likeness (QED) is 0.768. The van der Waals surface area contributed by atoms with Gasteiger partial charge < -0.3 is 10.1 Å². The largest absolute Gasteiger partial charge is 0.445 e. The second kappa shape index (κ2) is 8.08. The maximum atomic E-state index is 11.4. The highest BCUT2D eigenvalue weighted by Gasteiger charge is 2.06. The lowest BCUT2D eigenvalue weighted by molar-refractivity contribution is -0.118. The van der Waals surface area contributed by atoms with Crippen molar-refractivity contribution in [3.8, 4) is 0 Å². The SMILES string of the molecule is C=C(C)CCC(=O)CNC(=O)OCc1ccccc1. The highest BCUT2D eigenvalue weighted by atomic mass is 16.5. The maximum Gasteiger partial charge on any atom is 0.407 e. The van der Waals surface area contributed by atoms with E-state index in [2.05, 4.69) is 11.9 Å². The third-order valence-corrected chi connectivity index (χ3v) is 2.47. The normalized spacial score (nSPS) is 9.74. The summed E-state index contributed by atoms with van der Waals surface area (Å²) < 4.78 is 4.98. The molecule has 0 aliphatic rings. The molecule has 1 rings (SSSR count). The van der Waals surface area contributed by atoms with Crippen molar-refractivity contribution in [2.75, 3.05) is 6.54 Å². The minimum atomic E-state index is -0.576. The van der Waals surface area contributed by atoms with Crippen LogP contribution in [0.4, 0.5) is 4.79 Å². The van der Waals surface area contributed by atoms with Crippen molar-refractivity contribution < 1.29 is 14.3 Å². The minimum Gasteiger partial charge on any atom is -0.445 e. The Kier molecular flexibility index (Phi) is 6.36. The summed E-state index contributed by atoms with van der Waals surface area (Å²) in [5.41, 5.74) is 1.87. The number of benzene rings is 1. The lowest BCUT2D eigenvalue weighted by atomic mass is 10.1. The van der Waals surface area contributed by atoms with Gasteiger partial charge in [0.05, 0.1) is 6.54 Å². The average molecular weight is 261 g/mol. The summed E-state index contributed by atoms with van der Waals surface area (Å²) in [5.74, 6) is -0.0281. The van der Waals surface area contributed by atoms with E-state index in [4.69, 9.17) is 4.74 Å². The molecule has 0 bridgehead atoms. The fourth-order valence-electron chi connectivity index (χ4n) is 1.39. The van der Waals surface area contributed by atoms with Gasteiger partial charge in [0, 0.05) is 6.42 Å². The molecule has 0 heterocycles. The summed E-state index contributed by atoms with van der Waals surface area (Å²) in [6.07, 6.45) is 0.473. The lowest BCUT2D eigenvalue weighted by Crippen LogP contribution is -2.29. The molecule has 1 amide bonds. The van der Waals surface area contributed by atoms with E-state index in [1.807, 2.05) is 37.3 Å². The second-order valence-corrected chi connectivity index (χ2v) is 4.41. The molecule has 0 unspecified atom stereocenters. The summed E-state index contributed by atoms with van der Waals surface area (Å²) in [6.45, 7) is 5.79. The van der Waals surface area contributed by atoms with E-state index in [1.165, 1.54) is 0 Å². The first-order chi connectivity index (χ1) is 9.08. The first-order valence-electron chi connectivity index (χ1n) is 6.18. The van der Waals surface area contributed by atoms with Crippen LogP contribution in [-0.4, -0.2) is 18.4 Å². The van der Waals surface area contributed by atoms with Crippen LogP contribution < -0.4 is 5.32 Å². The molecule has 0 saturated heterocycles. The van der Waals surface area contributed by atoms with E-state index >= 15 is 0 Å². The number of Topliss-reactive ketones (excluding diaryl/α,β-unsaturated/α-hetero) is 1. The van der Waals surface area contributed by atoms with Gasteiger partial charge in [-0.15, -0.1) is 6.58 Å². The average Bonchev–Trinajstić information content (AvgIpc) is 2.41. The van der Waals surface area contributed by atoms with Crippen molar-refractivity contribution in [2.45, 2.75) is 26.4 Å². The number of alkyl carbamates (subject to hydrolysis) is 1. The third kappa shape index (κ3) is 7.03. The van der Waals surface area contributed by atoms with E-state index in [1.54, 1.807) is 0 Å². The van der Waals surface area contributed by atoms with Crippen LogP contribution in [-0.2, 0) is 16.1 Å². The second-order valence-electron chi connectivity index (χ2n) is 4.41. The first-order valence-corrected chi connectivity index (χ1v) is 6.18. The fraction of sp³-hybridized carbons (Fsp3) is 0.333. The lowest BCUT2D eigenvalue weighted by Gasteiger charge is -2.06. The standard InChI is InChI=1S/C15H19NO3/c1-12(2)8-9-14(17)10-16-15(18)19-11-13-6-4-3-5-7-13/h3-7H,1,8-11H2,2H3,(H,16,18). The van der Waals surface area contributed by atoms with E-state index in [0.29, 0.717) is 12.8 Å². The Hall–Kier alpha value is -2.10. The zero-order valence-electron chi connectivity index (χ0n) is 11.1. The van der Waals surface area contributed by atoms with Crippen molar-refractivity contribution in [2.24, 2.45) is 0 Å². The van der Waals surface area contributed by atoms with E-state index in [-0.39, 0.29) is 18.9 Å². The Labute approximate surface area is 113 Å². The highest BCUT2D eigenvalue weighted by Crippen LogP contribution is 2.01. The number of carbonyl (C=O) groups excluding carboxylic acids is 2. The molecule has 4 nitrogen and oxygen atoms in total. The van der Waals surface area contributed by atoms with Gasteiger partial charge in [-0.3, -0.25) is 4.79 Å². The third-order valence-electron chi connectivity index (χ3n) is 2.47. The van der Waals surface area contributed by atoms with Gasteiger partial charge in [0.1, 0.15) is 6.61 Å². The summed E-state index contributed by atoms with van der Waals surface area (Å²) in [5, 5.41) is 2.44. The molecule has 4 heteroatoms. The highest BCUT2D eigenvalue weighted by molar-refractivity contribution is 5.84. The summed E-state index contributed by atoms with van der Waals surface area (Å²) in [6, 6.07) is 9.37. The number of ether oxygens (including phenoxy) is 1. The van der Waals surface area contributed by atoms with E-state index in [9.17, 15) is 9.59 Å². The molecule has 0 aliphatic carbocycles. The van der Waals surface area contributed by atoms with Gasteiger partial charge >= 0.3 is 6.09 Å². The molecular formula is C15H19NO3. The molecule has 19 heavy (non-hydrogen) atoms. The first kappa shape index (κ1) is 15.0. The van der Waals surface area contributed by atoms with Crippen LogP contribution in [0.3, 0.4) is 0 Å². The van der Waals surface area contributed by atoms with Crippen molar-refractivity contribution in [1.82, 2.24) is 5.32 Å². The molecule has 0 atom stereocenters. The van der Waals surface area contributed by atoms with Gasteiger partial charge in [-0.2, -0.15) is 0 Å². The Morgan fingerprint density at radius 1 is 1.21 bits per heavy atom. The van der Waals surface area contributed by atoms with Gasteiger partial charge in [-0.1, -0.05) is 35.9 Å². The summed E-state index contributed by atoms with van der Waals surface area (Å²) >= 11 is 0. The van der Waals surface area contributed by atoms with E-state index < -0.39 is 6.09 Å². The Balaban J connectivity index is 2.17. The van der Waals surface area contributed by atoms with Gasteiger partial charge in [0.25, 0.3) is 0 Å². The zero-order chi connectivity index (χ0) is 14.1. The van der Waals surface area contributed by atoms with Crippen molar-refractivity contribution >= 4 is 11.9 Å². The van der Waals surface area contributed by atoms with Crippen LogP contribution in [0.2, 0.25) is 0 Å². The predicted octanol–water partition coefficient (Wildman–Crippen LogP) is 2.84.